The lowest BCUT2D eigenvalue weighted by Gasteiger charge is -2.30. The molecule has 0 saturated heterocycles. The molecule has 4 aromatic carbocycles. The smallest absolute Gasteiger partial charge is 0.130 e. The standard InChI is InChI=1S/C30H31NO4/c1-17-16-30(18(2)15-29(17)34)35-24-9-7-23(8-10-24)31(25-11-13-27(32)21(5)19(25)3)26-12-14-28(33)22(6)20(26)4/h7-16,32-34H,1-6H3. The van der Waals surface area contributed by atoms with E-state index in [9.17, 15) is 15.3 Å². The molecule has 4 aromatic rings. The van der Waals surface area contributed by atoms with Crippen LogP contribution in [0.5, 0.6) is 28.7 Å². The minimum atomic E-state index is 0.250. The molecule has 3 N–H and O–H groups in total. The Morgan fingerprint density at radius 1 is 0.543 bits per heavy atom. The first-order valence-corrected chi connectivity index (χ1v) is 11.5. The van der Waals surface area contributed by atoms with E-state index < -0.39 is 0 Å². The van der Waals surface area contributed by atoms with E-state index in [0.29, 0.717) is 11.5 Å². The molecule has 0 atom stereocenters. The molecule has 35 heavy (non-hydrogen) atoms. The van der Waals surface area contributed by atoms with Crippen molar-refractivity contribution in [2.45, 2.75) is 41.5 Å². The third kappa shape index (κ3) is 4.50. The van der Waals surface area contributed by atoms with Gasteiger partial charge in [0.15, 0.2) is 0 Å². The van der Waals surface area contributed by atoms with Gasteiger partial charge in [0.1, 0.15) is 28.7 Å². The maximum atomic E-state index is 10.2. The second-order valence-corrected chi connectivity index (χ2v) is 9.04. The van der Waals surface area contributed by atoms with E-state index in [0.717, 1.165) is 50.4 Å². The minimum Gasteiger partial charge on any atom is -0.508 e. The average molecular weight is 470 g/mol. The Bertz CT molecular complexity index is 1350. The molecule has 0 saturated carbocycles. The summed E-state index contributed by atoms with van der Waals surface area (Å²) in [4.78, 5) is 2.13. The van der Waals surface area contributed by atoms with Crippen molar-refractivity contribution in [3.8, 4) is 28.7 Å². The summed E-state index contributed by atoms with van der Waals surface area (Å²) in [6, 6.07) is 18.6. The van der Waals surface area contributed by atoms with E-state index in [1.54, 1.807) is 18.2 Å². The van der Waals surface area contributed by atoms with Gasteiger partial charge in [0.05, 0.1) is 0 Å². The predicted octanol–water partition coefficient (Wildman–Crippen LogP) is 7.92. The van der Waals surface area contributed by atoms with Crippen LogP contribution >= 0.6 is 0 Å². The zero-order valence-corrected chi connectivity index (χ0v) is 21.0. The maximum Gasteiger partial charge on any atom is 0.130 e. The highest BCUT2D eigenvalue weighted by molar-refractivity contribution is 5.82. The lowest BCUT2D eigenvalue weighted by atomic mass is 10.0. The molecule has 180 valence electrons. The summed E-state index contributed by atoms with van der Waals surface area (Å²) >= 11 is 0. The molecular formula is C30H31NO4. The van der Waals surface area contributed by atoms with Gasteiger partial charge in [0.25, 0.3) is 0 Å². The normalized spacial score (nSPS) is 10.9. The summed E-state index contributed by atoms with van der Waals surface area (Å²) < 4.78 is 6.11. The van der Waals surface area contributed by atoms with Crippen LogP contribution in [0, 0.1) is 41.5 Å². The minimum absolute atomic E-state index is 0.250. The Balaban J connectivity index is 1.80. The van der Waals surface area contributed by atoms with Gasteiger partial charge in [0, 0.05) is 17.1 Å². The SMILES string of the molecule is Cc1cc(Oc2ccc(N(c3ccc(O)c(C)c3C)c3ccc(O)c(C)c3C)cc2)c(C)cc1O. The molecule has 0 aromatic heterocycles. The number of phenols is 3. The van der Waals surface area contributed by atoms with E-state index in [-0.39, 0.29) is 17.2 Å². The average Bonchev–Trinajstić information content (AvgIpc) is 2.83. The molecule has 0 spiro atoms. The highest BCUT2D eigenvalue weighted by Crippen LogP contribution is 2.43. The van der Waals surface area contributed by atoms with Gasteiger partial charge in [-0.05, 0) is 136 Å². The molecule has 0 aliphatic rings. The Kier molecular flexibility index (Phi) is 6.35. The van der Waals surface area contributed by atoms with Crippen LogP contribution in [0.25, 0.3) is 0 Å². The Labute approximate surface area is 206 Å². The van der Waals surface area contributed by atoms with Crippen LogP contribution in [-0.2, 0) is 0 Å². The first-order chi connectivity index (χ1) is 16.6. The van der Waals surface area contributed by atoms with E-state index in [1.807, 2.05) is 84.0 Å². The van der Waals surface area contributed by atoms with E-state index in [4.69, 9.17) is 4.74 Å². The molecule has 0 radical (unpaired) electrons. The molecule has 0 aliphatic heterocycles. The summed E-state index contributed by atoms with van der Waals surface area (Å²) in [5, 5.41) is 30.4. The van der Waals surface area contributed by atoms with Gasteiger partial charge in [-0.3, -0.25) is 0 Å². The zero-order valence-electron chi connectivity index (χ0n) is 21.0. The quantitative estimate of drug-likeness (QED) is 0.277. The number of hydrogen-bond donors (Lipinski definition) is 3. The number of ether oxygens (including phenoxy) is 1. The van der Waals surface area contributed by atoms with Crippen LogP contribution in [0.4, 0.5) is 17.1 Å². The van der Waals surface area contributed by atoms with Gasteiger partial charge in [-0.15, -0.1) is 0 Å². The Morgan fingerprint density at radius 3 is 1.57 bits per heavy atom. The first-order valence-electron chi connectivity index (χ1n) is 11.5. The molecular weight excluding hydrogens is 438 g/mol. The van der Waals surface area contributed by atoms with E-state index in [1.165, 1.54) is 0 Å². The van der Waals surface area contributed by atoms with E-state index >= 15 is 0 Å². The largest absolute Gasteiger partial charge is 0.508 e. The molecule has 0 heterocycles. The zero-order chi connectivity index (χ0) is 25.4. The van der Waals surface area contributed by atoms with Gasteiger partial charge >= 0.3 is 0 Å². The van der Waals surface area contributed by atoms with Crippen LogP contribution < -0.4 is 9.64 Å². The summed E-state index contributed by atoms with van der Waals surface area (Å²) in [7, 11) is 0. The van der Waals surface area contributed by atoms with Crippen molar-refractivity contribution in [1.82, 2.24) is 0 Å². The van der Waals surface area contributed by atoms with Crippen molar-refractivity contribution in [2.75, 3.05) is 4.90 Å². The molecule has 0 unspecified atom stereocenters. The maximum absolute atomic E-state index is 10.2. The van der Waals surface area contributed by atoms with Crippen LogP contribution in [0.3, 0.4) is 0 Å². The van der Waals surface area contributed by atoms with Crippen molar-refractivity contribution < 1.29 is 20.1 Å². The number of phenolic OH excluding ortho intramolecular Hbond substituents is 3. The van der Waals surface area contributed by atoms with Crippen molar-refractivity contribution in [3.63, 3.8) is 0 Å². The third-order valence-corrected chi connectivity index (χ3v) is 6.76. The molecule has 5 heteroatoms. The number of nitrogens with zero attached hydrogens (tertiary/aromatic N) is 1. The molecule has 0 fully saturated rings. The second-order valence-electron chi connectivity index (χ2n) is 9.04. The number of aryl methyl sites for hydroxylation is 2. The number of hydrogen-bond acceptors (Lipinski definition) is 5. The van der Waals surface area contributed by atoms with Gasteiger partial charge in [0.2, 0.25) is 0 Å². The predicted molar refractivity (Wildman–Crippen MR) is 141 cm³/mol. The van der Waals surface area contributed by atoms with Crippen molar-refractivity contribution in [2.24, 2.45) is 0 Å². The van der Waals surface area contributed by atoms with Crippen molar-refractivity contribution in [3.05, 3.63) is 94.0 Å². The summed E-state index contributed by atoms with van der Waals surface area (Å²) in [6.07, 6.45) is 0. The molecule has 5 nitrogen and oxygen atoms in total. The highest BCUT2D eigenvalue weighted by atomic mass is 16.5. The number of anilines is 3. The van der Waals surface area contributed by atoms with Crippen molar-refractivity contribution >= 4 is 17.1 Å². The van der Waals surface area contributed by atoms with Crippen molar-refractivity contribution in [1.29, 1.82) is 0 Å². The van der Waals surface area contributed by atoms with Crippen LogP contribution in [0.1, 0.15) is 33.4 Å². The number of rotatable bonds is 5. The molecule has 0 aliphatic carbocycles. The summed E-state index contributed by atoms with van der Waals surface area (Å²) in [5.41, 5.74) is 7.96. The third-order valence-electron chi connectivity index (χ3n) is 6.76. The van der Waals surface area contributed by atoms with Gasteiger partial charge in [-0.25, -0.2) is 0 Å². The fourth-order valence-electron chi connectivity index (χ4n) is 4.15. The second kappa shape index (κ2) is 9.26. The van der Waals surface area contributed by atoms with Gasteiger partial charge in [-0.1, -0.05) is 0 Å². The monoisotopic (exact) mass is 469 g/mol. The fraction of sp³-hybridized carbons (Fsp3) is 0.200. The Morgan fingerprint density at radius 2 is 1.06 bits per heavy atom. The summed E-state index contributed by atoms with van der Waals surface area (Å²) in [5.74, 6) is 2.14. The molecule has 4 rings (SSSR count). The molecule has 0 bridgehead atoms. The Hall–Kier alpha value is -4.12. The molecule has 0 amide bonds. The van der Waals surface area contributed by atoms with Crippen LogP contribution in [0.2, 0.25) is 0 Å². The highest BCUT2D eigenvalue weighted by Gasteiger charge is 2.20. The van der Waals surface area contributed by atoms with Gasteiger partial charge < -0.3 is 25.0 Å². The lowest BCUT2D eigenvalue weighted by molar-refractivity contribution is 0.458. The first kappa shape index (κ1) is 24.0. The van der Waals surface area contributed by atoms with E-state index in [2.05, 4.69) is 4.90 Å². The van der Waals surface area contributed by atoms with Gasteiger partial charge in [-0.2, -0.15) is 0 Å². The van der Waals surface area contributed by atoms with Crippen LogP contribution in [0.15, 0.2) is 60.7 Å². The number of aromatic hydroxyl groups is 3. The topological polar surface area (TPSA) is 73.2 Å². The number of benzene rings is 4. The van der Waals surface area contributed by atoms with Crippen LogP contribution in [-0.4, -0.2) is 15.3 Å². The fourth-order valence-corrected chi connectivity index (χ4v) is 4.15. The lowest BCUT2D eigenvalue weighted by Crippen LogP contribution is -2.13. The summed E-state index contributed by atoms with van der Waals surface area (Å²) in [6.45, 7) is 11.5.